The fraction of sp³-hybridized carbons (Fsp3) is 0.458. The van der Waals surface area contributed by atoms with Crippen LogP contribution in [0.2, 0.25) is 0 Å². The Morgan fingerprint density at radius 2 is 1.79 bits per heavy atom. The summed E-state index contributed by atoms with van der Waals surface area (Å²) in [4.78, 5) is 12.6. The molecule has 0 radical (unpaired) electrons. The molecule has 0 unspecified atom stereocenters. The second-order valence-electron chi connectivity index (χ2n) is 8.18. The van der Waals surface area contributed by atoms with Crippen molar-refractivity contribution < 1.29 is 14.2 Å². The van der Waals surface area contributed by atoms with Crippen molar-refractivity contribution in [2.24, 2.45) is 10.2 Å². The van der Waals surface area contributed by atoms with Gasteiger partial charge < -0.3 is 24.1 Å². The first-order valence-corrected chi connectivity index (χ1v) is 11.6. The second kappa shape index (κ2) is 10.7. The number of hydrogen-bond acceptors (Lipinski definition) is 8. The van der Waals surface area contributed by atoms with Gasteiger partial charge in [0, 0.05) is 67.5 Å². The van der Waals surface area contributed by atoms with Crippen molar-refractivity contribution in [1.82, 2.24) is 14.9 Å². The van der Waals surface area contributed by atoms with Crippen molar-refractivity contribution in [3.05, 3.63) is 48.2 Å². The van der Waals surface area contributed by atoms with E-state index in [1.807, 2.05) is 30.5 Å². The average Bonchev–Trinajstić information content (AvgIpc) is 3.28. The number of rotatable bonds is 8. The lowest BCUT2D eigenvalue weighted by Crippen LogP contribution is -2.38. The van der Waals surface area contributed by atoms with Crippen LogP contribution in [-0.4, -0.2) is 80.6 Å². The van der Waals surface area contributed by atoms with Gasteiger partial charge in [0.1, 0.15) is 18.2 Å². The van der Waals surface area contributed by atoms with Crippen molar-refractivity contribution in [2.45, 2.75) is 6.54 Å². The van der Waals surface area contributed by atoms with Gasteiger partial charge in [-0.05, 0) is 6.07 Å². The van der Waals surface area contributed by atoms with Crippen LogP contribution >= 0.6 is 0 Å². The fourth-order valence-corrected chi connectivity index (χ4v) is 4.13. The van der Waals surface area contributed by atoms with E-state index in [0.29, 0.717) is 32.2 Å². The quantitative estimate of drug-likeness (QED) is 0.530. The average molecular weight is 451 g/mol. The molecule has 0 bridgehead atoms. The van der Waals surface area contributed by atoms with Gasteiger partial charge in [0.2, 0.25) is 0 Å². The van der Waals surface area contributed by atoms with E-state index >= 15 is 0 Å². The molecular formula is C24H30N6O3. The largest absolute Gasteiger partial charge is 0.492 e. The summed E-state index contributed by atoms with van der Waals surface area (Å²) in [6.45, 7) is 8.44. The highest BCUT2D eigenvalue weighted by Gasteiger charge is 2.15. The predicted molar refractivity (Wildman–Crippen MR) is 127 cm³/mol. The van der Waals surface area contributed by atoms with Gasteiger partial charge in [-0.3, -0.25) is 4.90 Å². The van der Waals surface area contributed by atoms with E-state index in [9.17, 15) is 0 Å². The summed E-state index contributed by atoms with van der Waals surface area (Å²) in [5.74, 6) is 2.17. The lowest BCUT2D eigenvalue weighted by molar-refractivity contribution is 0.0322. The lowest BCUT2D eigenvalue weighted by Gasteiger charge is -2.28. The van der Waals surface area contributed by atoms with Crippen LogP contribution in [0.15, 0.2) is 52.8 Å². The van der Waals surface area contributed by atoms with E-state index in [1.165, 1.54) is 5.39 Å². The van der Waals surface area contributed by atoms with Gasteiger partial charge in [-0.2, -0.15) is 5.11 Å². The minimum atomic E-state index is 0.487. The molecule has 1 N–H and O–H groups in total. The Balaban J connectivity index is 1.29. The Morgan fingerprint density at radius 1 is 1.00 bits per heavy atom. The maximum Gasteiger partial charge on any atom is 0.179 e. The molecule has 1 aromatic carbocycles. The van der Waals surface area contributed by atoms with Crippen LogP contribution in [0.1, 0.15) is 5.56 Å². The van der Waals surface area contributed by atoms with E-state index in [1.54, 1.807) is 0 Å². The number of nitrogens with one attached hydrogen (secondary N) is 1. The SMILES string of the molecule is c1ccc2c(CN=Nc3cc(OCCN4CCOCC4)cc(N4CCOCC4)n3)c[nH]c2c1. The molecule has 9 nitrogen and oxygen atoms in total. The zero-order valence-electron chi connectivity index (χ0n) is 18.8. The maximum absolute atomic E-state index is 6.10. The highest BCUT2D eigenvalue weighted by Crippen LogP contribution is 2.27. The third kappa shape index (κ3) is 5.68. The number of azo groups is 1. The van der Waals surface area contributed by atoms with Gasteiger partial charge in [-0.1, -0.05) is 18.2 Å². The molecule has 9 heteroatoms. The van der Waals surface area contributed by atoms with Crippen LogP contribution in [0.25, 0.3) is 10.9 Å². The molecule has 2 saturated heterocycles. The summed E-state index contributed by atoms with van der Waals surface area (Å²) in [5, 5.41) is 10.0. The molecular weight excluding hydrogens is 420 g/mol. The number of H-pyrrole nitrogens is 1. The first-order chi connectivity index (χ1) is 16.3. The fourth-order valence-electron chi connectivity index (χ4n) is 4.13. The first-order valence-electron chi connectivity index (χ1n) is 11.6. The van der Waals surface area contributed by atoms with Gasteiger partial charge in [-0.15, -0.1) is 5.11 Å². The number of benzene rings is 1. The maximum atomic E-state index is 6.10. The summed E-state index contributed by atoms with van der Waals surface area (Å²) in [6, 6.07) is 12.1. The monoisotopic (exact) mass is 450 g/mol. The van der Waals surface area contributed by atoms with Crippen LogP contribution in [0.5, 0.6) is 5.75 Å². The van der Waals surface area contributed by atoms with Crippen LogP contribution < -0.4 is 9.64 Å². The van der Waals surface area contributed by atoms with E-state index < -0.39 is 0 Å². The van der Waals surface area contributed by atoms with Crippen molar-refractivity contribution in [1.29, 1.82) is 0 Å². The van der Waals surface area contributed by atoms with Crippen LogP contribution in [0.4, 0.5) is 11.6 Å². The van der Waals surface area contributed by atoms with E-state index in [4.69, 9.17) is 19.2 Å². The molecule has 33 heavy (non-hydrogen) atoms. The molecule has 2 aliphatic heterocycles. The smallest absolute Gasteiger partial charge is 0.179 e. The minimum absolute atomic E-state index is 0.487. The summed E-state index contributed by atoms with van der Waals surface area (Å²) >= 11 is 0. The van der Waals surface area contributed by atoms with Crippen LogP contribution in [-0.2, 0) is 16.0 Å². The predicted octanol–water partition coefficient (Wildman–Crippen LogP) is 3.39. The van der Waals surface area contributed by atoms with Crippen LogP contribution in [0, 0.1) is 0 Å². The number of fused-ring (bicyclic) bond motifs is 1. The number of pyridine rings is 1. The third-order valence-corrected chi connectivity index (χ3v) is 5.98. The number of nitrogens with zero attached hydrogens (tertiary/aromatic N) is 5. The molecule has 0 spiro atoms. The number of morpholine rings is 2. The Kier molecular flexibility index (Phi) is 7.10. The molecule has 2 aliphatic rings. The van der Waals surface area contributed by atoms with Gasteiger partial charge in [-0.25, -0.2) is 4.98 Å². The molecule has 3 aromatic rings. The third-order valence-electron chi connectivity index (χ3n) is 5.98. The van der Waals surface area contributed by atoms with Crippen molar-refractivity contribution in [2.75, 3.05) is 70.7 Å². The molecule has 0 atom stereocenters. The zero-order chi connectivity index (χ0) is 22.3. The van der Waals surface area contributed by atoms with E-state index in [2.05, 4.69) is 37.1 Å². The van der Waals surface area contributed by atoms with Crippen molar-refractivity contribution in [3.8, 4) is 5.75 Å². The molecule has 0 saturated carbocycles. The summed E-state index contributed by atoms with van der Waals surface area (Å²) in [5.41, 5.74) is 2.21. The van der Waals surface area contributed by atoms with Gasteiger partial charge in [0.15, 0.2) is 5.82 Å². The summed E-state index contributed by atoms with van der Waals surface area (Å²) in [7, 11) is 0. The summed E-state index contributed by atoms with van der Waals surface area (Å²) in [6.07, 6.45) is 1.99. The van der Waals surface area contributed by atoms with Gasteiger partial charge in [0.25, 0.3) is 0 Å². The number of aromatic nitrogens is 2. The Bertz CT molecular complexity index is 1070. The molecule has 2 fully saturated rings. The lowest BCUT2D eigenvalue weighted by atomic mass is 10.2. The Hall–Kier alpha value is -3.01. The van der Waals surface area contributed by atoms with Crippen LogP contribution in [0.3, 0.4) is 0 Å². The number of hydrogen-bond donors (Lipinski definition) is 1. The van der Waals surface area contributed by atoms with Crippen molar-refractivity contribution >= 4 is 22.5 Å². The molecule has 174 valence electrons. The summed E-state index contributed by atoms with van der Waals surface area (Å²) < 4.78 is 17.0. The first kappa shape index (κ1) is 21.8. The molecule has 4 heterocycles. The van der Waals surface area contributed by atoms with E-state index in [0.717, 1.165) is 68.6 Å². The van der Waals surface area contributed by atoms with Gasteiger partial charge in [0.05, 0.1) is 33.0 Å². The molecule has 5 rings (SSSR count). The highest BCUT2D eigenvalue weighted by atomic mass is 16.5. The second-order valence-corrected chi connectivity index (χ2v) is 8.18. The number of ether oxygens (including phenoxy) is 3. The number of aromatic amines is 1. The standard InChI is InChI=1S/C24H30N6O3/c1-2-4-22-21(3-1)19(17-25-22)18-26-28-23-15-20(33-14-7-29-5-10-31-11-6-29)16-24(27-23)30-8-12-32-13-9-30/h1-4,15-17,25H,5-14,18H2. The number of anilines is 1. The number of para-hydroxylation sites is 1. The molecule has 0 aliphatic carbocycles. The van der Waals surface area contributed by atoms with Crippen molar-refractivity contribution in [3.63, 3.8) is 0 Å². The topological polar surface area (TPSA) is 87.6 Å². The normalized spacial score (nSPS) is 17.8. The molecule has 2 aromatic heterocycles. The zero-order valence-corrected chi connectivity index (χ0v) is 18.8. The van der Waals surface area contributed by atoms with Gasteiger partial charge >= 0.3 is 0 Å². The highest BCUT2D eigenvalue weighted by molar-refractivity contribution is 5.82. The minimum Gasteiger partial charge on any atom is -0.492 e. The molecule has 0 amide bonds. The Labute approximate surface area is 193 Å². The Morgan fingerprint density at radius 3 is 2.64 bits per heavy atom. The van der Waals surface area contributed by atoms with E-state index in [-0.39, 0.29) is 0 Å².